The fourth-order valence-corrected chi connectivity index (χ4v) is 3.48. The standard InChI is InChI=1S/C23H32O2/c1-7-20(25-21(24)18-11-9-8-10-12-18)22(3,4)16-15-19-14-13-17(2)23(19,5)6/h8-13,15-16,19-20H,7,14H2,1-6H3/t19-,20+/m1/s1. The van der Waals surface area contributed by atoms with Crippen LogP contribution in [0.5, 0.6) is 0 Å². The maximum Gasteiger partial charge on any atom is 0.338 e. The summed E-state index contributed by atoms with van der Waals surface area (Å²) < 4.78 is 5.84. The van der Waals surface area contributed by atoms with Gasteiger partial charge < -0.3 is 4.74 Å². The summed E-state index contributed by atoms with van der Waals surface area (Å²) >= 11 is 0. The van der Waals surface area contributed by atoms with Gasteiger partial charge in [-0.3, -0.25) is 0 Å². The van der Waals surface area contributed by atoms with E-state index in [0.717, 1.165) is 12.8 Å². The second-order valence-corrected chi connectivity index (χ2v) is 8.30. The van der Waals surface area contributed by atoms with E-state index < -0.39 is 0 Å². The van der Waals surface area contributed by atoms with Gasteiger partial charge in [0.2, 0.25) is 0 Å². The van der Waals surface area contributed by atoms with Gasteiger partial charge in [0.05, 0.1) is 5.56 Å². The van der Waals surface area contributed by atoms with Crippen LogP contribution in [0.4, 0.5) is 0 Å². The Labute approximate surface area is 153 Å². The van der Waals surface area contributed by atoms with Gasteiger partial charge in [-0.1, -0.05) is 76.6 Å². The molecule has 0 N–H and O–H groups in total. The van der Waals surface area contributed by atoms with Crippen LogP contribution in [-0.4, -0.2) is 12.1 Å². The van der Waals surface area contributed by atoms with Gasteiger partial charge in [-0.15, -0.1) is 0 Å². The zero-order valence-corrected chi connectivity index (χ0v) is 16.5. The Morgan fingerprint density at radius 3 is 2.48 bits per heavy atom. The van der Waals surface area contributed by atoms with Crippen molar-refractivity contribution in [2.75, 3.05) is 0 Å². The number of ether oxygens (including phenoxy) is 1. The molecule has 0 amide bonds. The Bertz CT molecular complexity index is 650. The van der Waals surface area contributed by atoms with Gasteiger partial charge in [0, 0.05) is 5.41 Å². The largest absolute Gasteiger partial charge is 0.458 e. The zero-order valence-electron chi connectivity index (χ0n) is 16.5. The van der Waals surface area contributed by atoms with E-state index in [9.17, 15) is 4.79 Å². The highest BCUT2D eigenvalue weighted by Gasteiger charge is 2.35. The molecule has 0 heterocycles. The summed E-state index contributed by atoms with van der Waals surface area (Å²) in [6.07, 6.45) is 8.65. The summed E-state index contributed by atoms with van der Waals surface area (Å²) in [5, 5.41) is 0. The fraction of sp³-hybridized carbons (Fsp3) is 0.522. The average molecular weight is 341 g/mol. The number of carbonyl (C=O) groups excluding carboxylic acids is 1. The average Bonchev–Trinajstić information content (AvgIpc) is 2.84. The molecule has 2 nitrogen and oxygen atoms in total. The first-order valence-electron chi connectivity index (χ1n) is 9.31. The lowest BCUT2D eigenvalue weighted by atomic mass is 9.75. The summed E-state index contributed by atoms with van der Waals surface area (Å²) in [6.45, 7) is 13.2. The lowest BCUT2D eigenvalue weighted by Crippen LogP contribution is -2.32. The van der Waals surface area contributed by atoms with E-state index in [2.05, 4.69) is 59.8 Å². The minimum atomic E-state index is -0.243. The van der Waals surface area contributed by atoms with Crippen LogP contribution in [0.1, 0.15) is 64.7 Å². The smallest absolute Gasteiger partial charge is 0.338 e. The van der Waals surface area contributed by atoms with Crippen LogP contribution >= 0.6 is 0 Å². The molecule has 2 heteroatoms. The van der Waals surface area contributed by atoms with Crippen LogP contribution in [0, 0.1) is 16.7 Å². The van der Waals surface area contributed by atoms with E-state index in [-0.39, 0.29) is 22.9 Å². The molecule has 0 radical (unpaired) electrons. The number of carbonyl (C=O) groups is 1. The third-order valence-electron chi connectivity index (χ3n) is 5.84. The molecule has 1 aliphatic rings. The Hall–Kier alpha value is -1.83. The van der Waals surface area contributed by atoms with Crippen molar-refractivity contribution in [2.24, 2.45) is 16.7 Å². The normalized spacial score (nSPS) is 21.2. The minimum Gasteiger partial charge on any atom is -0.458 e. The number of esters is 1. The molecule has 0 fully saturated rings. The van der Waals surface area contributed by atoms with E-state index in [0.29, 0.717) is 11.5 Å². The van der Waals surface area contributed by atoms with Gasteiger partial charge in [-0.05, 0) is 43.2 Å². The molecule has 136 valence electrons. The maximum atomic E-state index is 12.4. The lowest BCUT2D eigenvalue weighted by molar-refractivity contribution is 0.00309. The zero-order chi connectivity index (χ0) is 18.7. The van der Waals surface area contributed by atoms with Crippen molar-refractivity contribution in [1.82, 2.24) is 0 Å². The first kappa shape index (κ1) is 19.5. The molecule has 25 heavy (non-hydrogen) atoms. The monoisotopic (exact) mass is 340 g/mol. The van der Waals surface area contributed by atoms with Gasteiger partial charge in [-0.2, -0.15) is 0 Å². The van der Waals surface area contributed by atoms with Crippen LogP contribution in [0.15, 0.2) is 54.1 Å². The van der Waals surface area contributed by atoms with E-state index in [1.54, 1.807) is 12.1 Å². The van der Waals surface area contributed by atoms with E-state index in [1.807, 2.05) is 18.2 Å². The van der Waals surface area contributed by atoms with Crippen molar-refractivity contribution in [1.29, 1.82) is 0 Å². The number of hydrogen-bond donors (Lipinski definition) is 0. The van der Waals surface area contributed by atoms with Gasteiger partial charge in [0.25, 0.3) is 0 Å². The summed E-state index contributed by atoms with van der Waals surface area (Å²) in [4.78, 5) is 12.4. The van der Waals surface area contributed by atoms with E-state index in [1.165, 1.54) is 5.57 Å². The Kier molecular flexibility index (Phi) is 5.92. The van der Waals surface area contributed by atoms with Gasteiger partial charge in [0.15, 0.2) is 0 Å². The van der Waals surface area contributed by atoms with Crippen molar-refractivity contribution in [3.63, 3.8) is 0 Å². The van der Waals surface area contributed by atoms with E-state index >= 15 is 0 Å². The number of hydrogen-bond acceptors (Lipinski definition) is 2. The van der Waals surface area contributed by atoms with E-state index in [4.69, 9.17) is 4.74 Å². The number of rotatable bonds is 6. The molecule has 0 spiro atoms. The van der Waals surface area contributed by atoms with Crippen LogP contribution in [0.2, 0.25) is 0 Å². The second-order valence-electron chi connectivity index (χ2n) is 8.30. The molecular formula is C23H32O2. The SMILES string of the molecule is CC[C@H](OC(=O)c1ccccc1)C(C)(C)C=C[C@H]1CC=C(C)C1(C)C. The fourth-order valence-electron chi connectivity index (χ4n) is 3.48. The first-order chi connectivity index (χ1) is 11.7. The predicted molar refractivity (Wildman–Crippen MR) is 105 cm³/mol. The molecule has 1 aromatic rings. The summed E-state index contributed by atoms with van der Waals surface area (Å²) in [7, 11) is 0. The third kappa shape index (κ3) is 4.42. The Balaban J connectivity index is 2.08. The molecule has 0 bridgehead atoms. The molecule has 0 unspecified atom stereocenters. The molecule has 0 saturated carbocycles. The topological polar surface area (TPSA) is 26.3 Å². The van der Waals surface area contributed by atoms with Crippen LogP contribution < -0.4 is 0 Å². The summed E-state index contributed by atoms with van der Waals surface area (Å²) in [6, 6.07) is 9.22. The summed E-state index contributed by atoms with van der Waals surface area (Å²) in [5.74, 6) is 0.265. The molecule has 1 aromatic carbocycles. The molecule has 0 aromatic heterocycles. The van der Waals surface area contributed by atoms with Crippen LogP contribution in [0.25, 0.3) is 0 Å². The molecule has 2 atom stereocenters. The molecule has 0 aliphatic heterocycles. The second kappa shape index (κ2) is 7.59. The number of benzene rings is 1. The highest BCUT2D eigenvalue weighted by molar-refractivity contribution is 5.89. The first-order valence-corrected chi connectivity index (χ1v) is 9.31. The minimum absolute atomic E-state index is 0.143. The Morgan fingerprint density at radius 1 is 1.32 bits per heavy atom. The molecule has 2 rings (SSSR count). The predicted octanol–water partition coefficient (Wildman–Crippen LogP) is 6.20. The highest BCUT2D eigenvalue weighted by atomic mass is 16.5. The van der Waals surface area contributed by atoms with Gasteiger partial charge in [-0.25, -0.2) is 4.79 Å². The molecule has 1 aliphatic carbocycles. The quantitative estimate of drug-likeness (QED) is 0.455. The Morgan fingerprint density at radius 2 is 1.96 bits per heavy atom. The van der Waals surface area contributed by atoms with Crippen molar-refractivity contribution in [2.45, 2.75) is 60.5 Å². The highest BCUT2D eigenvalue weighted by Crippen LogP contribution is 2.44. The van der Waals surface area contributed by atoms with Crippen molar-refractivity contribution >= 4 is 5.97 Å². The van der Waals surface area contributed by atoms with Gasteiger partial charge in [0.1, 0.15) is 6.10 Å². The summed E-state index contributed by atoms with van der Waals surface area (Å²) in [5.41, 5.74) is 2.07. The lowest BCUT2D eigenvalue weighted by Gasteiger charge is -2.32. The van der Waals surface area contributed by atoms with Crippen molar-refractivity contribution in [3.05, 3.63) is 59.7 Å². The molecule has 0 saturated heterocycles. The maximum absolute atomic E-state index is 12.4. The third-order valence-corrected chi connectivity index (χ3v) is 5.84. The number of allylic oxidation sites excluding steroid dienone is 3. The van der Waals surface area contributed by atoms with Crippen LogP contribution in [0.3, 0.4) is 0 Å². The van der Waals surface area contributed by atoms with Crippen molar-refractivity contribution in [3.8, 4) is 0 Å². The van der Waals surface area contributed by atoms with Gasteiger partial charge >= 0.3 is 5.97 Å². The van der Waals surface area contributed by atoms with Crippen LogP contribution in [-0.2, 0) is 4.74 Å². The van der Waals surface area contributed by atoms with Crippen molar-refractivity contribution < 1.29 is 9.53 Å². The molecular weight excluding hydrogens is 308 g/mol.